The quantitative estimate of drug-likeness (QED) is 0.799. The zero-order chi connectivity index (χ0) is 15.2. The first-order chi connectivity index (χ1) is 10.2. The molecule has 1 unspecified atom stereocenters. The maximum Gasteiger partial charge on any atom is 0.119 e. The predicted octanol–water partition coefficient (Wildman–Crippen LogP) is 4.72. The van der Waals surface area contributed by atoms with Crippen molar-refractivity contribution in [1.82, 2.24) is 5.32 Å². The Hall–Kier alpha value is -1.32. The van der Waals surface area contributed by atoms with E-state index in [9.17, 15) is 0 Å². The van der Waals surface area contributed by atoms with E-state index in [0.717, 1.165) is 25.1 Å². The molecule has 1 atom stereocenters. The van der Waals surface area contributed by atoms with Crippen LogP contribution in [0.25, 0.3) is 0 Å². The zero-order valence-electron chi connectivity index (χ0n) is 13.4. The van der Waals surface area contributed by atoms with Gasteiger partial charge in [0.1, 0.15) is 5.75 Å². The summed E-state index contributed by atoms with van der Waals surface area (Å²) in [5.74, 6) is 0.922. The minimum Gasteiger partial charge on any atom is -0.497 e. The van der Waals surface area contributed by atoms with Gasteiger partial charge in [-0.05, 0) is 61.7 Å². The molecule has 0 radical (unpaired) electrons. The largest absolute Gasteiger partial charge is 0.497 e. The van der Waals surface area contributed by atoms with E-state index in [4.69, 9.17) is 4.74 Å². The highest BCUT2D eigenvalue weighted by Gasteiger charge is 2.17. The minimum absolute atomic E-state index is 0.279. The van der Waals surface area contributed by atoms with Crippen molar-refractivity contribution in [2.24, 2.45) is 0 Å². The molecule has 3 heteroatoms. The third-order valence-corrected chi connectivity index (χ3v) is 5.00. The second kappa shape index (κ2) is 7.62. The summed E-state index contributed by atoms with van der Waals surface area (Å²) < 4.78 is 5.32. The maximum atomic E-state index is 5.32. The zero-order valence-corrected chi connectivity index (χ0v) is 14.2. The number of ether oxygens (including phenoxy) is 1. The Morgan fingerprint density at radius 3 is 2.57 bits per heavy atom. The lowest BCUT2D eigenvalue weighted by Crippen LogP contribution is -2.23. The lowest BCUT2D eigenvalue weighted by Gasteiger charge is -2.20. The van der Waals surface area contributed by atoms with Crippen LogP contribution in [0.15, 0.2) is 30.3 Å². The van der Waals surface area contributed by atoms with E-state index in [1.54, 1.807) is 7.11 Å². The molecule has 2 nitrogen and oxygen atoms in total. The van der Waals surface area contributed by atoms with Crippen LogP contribution in [0.2, 0.25) is 0 Å². The molecule has 0 aliphatic rings. The fourth-order valence-electron chi connectivity index (χ4n) is 2.49. The standard InChI is InChI=1S/C18H25NOS/c1-5-11-19-18(17-10-8-15(6-2)21-17)16-9-7-14(20-4)12-13(16)3/h7-10,12,18-19H,5-6,11H2,1-4H3. The molecule has 0 aliphatic heterocycles. The van der Waals surface area contributed by atoms with Crippen molar-refractivity contribution in [2.75, 3.05) is 13.7 Å². The van der Waals surface area contributed by atoms with Gasteiger partial charge in [0.2, 0.25) is 0 Å². The Kier molecular flexibility index (Phi) is 5.83. The second-order valence-electron chi connectivity index (χ2n) is 5.27. The van der Waals surface area contributed by atoms with Crippen LogP contribution in [0.3, 0.4) is 0 Å². The van der Waals surface area contributed by atoms with Gasteiger partial charge in [-0.15, -0.1) is 11.3 Å². The van der Waals surface area contributed by atoms with E-state index in [-0.39, 0.29) is 6.04 Å². The van der Waals surface area contributed by atoms with Crippen LogP contribution in [0.5, 0.6) is 5.75 Å². The van der Waals surface area contributed by atoms with Crippen LogP contribution in [-0.4, -0.2) is 13.7 Å². The predicted molar refractivity (Wildman–Crippen MR) is 91.6 cm³/mol. The average Bonchev–Trinajstić information content (AvgIpc) is 2.97. The Morgan fingerprint density at radius 2 is 2.00 bits per heavy atom. The average molecular weight is 303 g/mol. The molecule has 0 spiro atoms. The monoisotopic (exact) mass is 303 g/mol. The first-order valence-corrected chi connectivity index (χ1v) is 8.47. The molecule has 0 saturated heterocycles. The molecule has 0 fully saturated rings. The summed E-state index contributed by atoms with van der Waals surface area (Å²) in [5.41, 5.74) is 2.61. The topological polar surface area (TPSA) is 21.3 Å². The molecule has 1 aromatic heterocycles. The van der Waals surface area contributed by atoms with Crippen molar-refractivity contribution >= 4 is 11.3 Å². The van der Waals surface area contributed by atoms with Crippen molar-refractivity contribution in [3.05, 3.63) is 51.2 Å². The van der Waals surface area contributed by atoms with E-state index in [0.29, 0.717) is 0 Å². The number of benzene rings is 1. The number of nitrogens with one attached hydrogen (secondary N) is 1. The van der Waals surface area contributed by atoms with E-state index in [2.05, 4.69) is 56.4 Å². The number of thiophene rings is 1. The molecule has 1 heterocycles. The van der Waals surface area contributed by atoms with Gasteiger partial charge in [0, 0.05) is 9.75 Å². The summed E-state index contributed by atoms with van der Waals surface area (Å²) in [4.78, 5) is 2.84. The molecule has 0 saturated carbocycles. The Labute approximate surface area is 132 Å². The summed E-state index contributed by atoms with van der Waals surface area (Å²) in [6, 6.07) is 11.1. The number of hydrogen-bond donors (Lipinski definition) is 1. The highest BCUT2D eigenvalue weighted by Crippen LogP contribution is 2.32. The van der Waals surface area contributed by atoms with Gasteiger partial charge in [0.25, 0.3) is 0 Å². The van der Waals surface area contributed by atoms with E-state index in [1.807, 2.05) is 11.3 Å². The maximum absolute atomic E-state index is 5.32. The molecule has 0 bridgehead atoms. The first kappa shape index (κ1) is 16.1. The highest BCUT2D eigenvalue weighted by molar-refractivity contribution is 7.12. The smallest absolute Gasteiger partial charge is 0.119 e. The van der Waals surface area contributed by atoms with Gasteiger partial charge < -0.3 is 10.1 Å². The normalized spacial score (nSPS) is 12.4. The van der Waals surface area contributed by atoms with Crippen LogP contribution in [0.1, 0.15) is 47.2 Å². The van der Waals surface area contributed by atoms with E-state index >= 15 is 0 Å². The number of rotatable bonds is 7. The number of aryl methyl sites for hydroxylation is 2. The van der Waals surface area contributed by atoms with Crippen LogP contribution in [-0.2, 0) is 6.42 Å². The summed E-state index contributed by atoms with van der Waals surface area (Å²) in [6.07, 6.45) is 2.24. The van der Waals surface area contributed by atoms with Gasteiger partial charge in [0.05, 0.1) is 13.2 Å². The van der Waals surface area contributed by atoms with Gasteiger partial charge in [-0.25, -0.2) is 0 Å². The summed E-state index contributed by atoms with van der Waals surface area (Å²) >= 11 is 1.91. The molecule has 0 amide bonds. The van der Waals surface area contributed by atoms with Crippen molar-refractivity contribution in [3.8, 4) is 5.75 Å². The minimum atomic E-state index is 0.279. The molecule has 21 heavy (non-hydrogen) atoms. The van der Waals surface area contributed by atoms with Crippen molar-refractivity contribution < 1.29 is 4.74 Å². The van der Waals surface area contributed by atoms with Crippen LogP contribution >= 0.6 is 11.3 Å². The number of methoxy groups -OCH3 is 1. The van der Waals surface area contributed by atoms with Crippen molar-refractivity contribution in [1.29, 1.82) is 0 Å². The number of hydrogen-bond acceptors (Lipinski definition) is 3. The van der Waals surface area contributed by atoms with E-state index < -0.39 is 0 Å². The fraction of sp³-hybridized carbons (Fsp3) is 0.444. The van der Waals surface area contributed by atoms with Crippen LogP contribution < -0.4 is 10.1 Å². The van der Waals surface area contributed by atoms with Crippen molar-refractivity contribution in [3.63, 3.8) is 0 Å². The molecule has 0 aliphatic carbocycles. The fourth-order valence-corrected chi connectivity index (χ4v) is 3.54. The third-order valence-electron chi connectivity index (χ3n) is 3.70. The summed E-state index contributed by atoms with van der Waals surface area (Å²) in [7, 11) is 1.72. The molecule has 2 rings (SSSR count). The Morgan fingerprint density at radius 1 is 1.19 bits per heavy atom. The molecule has 1 aromatic carbocycles. The molecular formula is C18H25NOS. The van der Waals surface area contributed by atoms with Gasteiger partial charge in [-0.2, -0.15) is 0 Å². The Bertz CT molecular complexity index is 576. The van der Waals surface area contributed by atoms with E-state index in [1.165, 1.54) is 20.9 Å². The first-order valence-electron chi connectivity index (χ1n) is 7.66. The van der Waals surface area contributed by atoms with Crippen LogP contribution in [0.4, 0.5) is 0 Å². The van der Waals surface area contributed by atoms with Gasteiger partial charge in [-0.3, -0.25) is 0 Å². The lowest BCUT2D eigenvalue weighted by atomic mass is 9.99. The second-order valence-corrected chi connectivity index (χ2v) is 6.47. The lowest BCUT2D eigenvalue weighted by molar-refractivity contribution is 0.414. The Balaban J connectivity index is 2.35. The molecule has 114 valence electrons. The third kappa shape index (κ3) is 3.86. The van der Waals surface area contributed by atoms with Gasteiger partial charge in [-0.1, -0.05) is 19.9 Å². The van der Waals surface area contributed by atoms with Gasteiger partial charge in [0.15, 0.2) is 0 Å². The SMILES string of the molecule is CCCNC(c1ccc(CC)s1)c1ccc(OC)cc1C. The molecule has 2 aromatic rings. The van der Waals surface area contributed by atoms with Crippen molar-refractivity contribution in [2.45, 2.75) is 39.7 Å². The van der Waals surface area contributed by atoms with Gasteiger partial charge >= 0.3 is 0 Å². The summed E-state index contributed by atoms with van der Waals surface area (Å²) in [6.45, 7) is 7.60. The highest BCUT2D eigenvalue weighted by atomic mass is 32.1. The molecular weight excluding hydrogens is 278 g/mol. The molecule has 1 N–H and O–H groups in total. The van der Waals surface area contributed by atoms with Crippen LogP contribution in [0, 0.1) is 6.92 Å². The summed E-state index contributed by atoms with van der Waals surface area (Å²) in [5, 5.41) is 3.69.